The van der Waals surface area contributed by atoms with E-state index in [0.29, 0.717) is 6.10 Å². The number of hydrogen-bond donors (Lipinski definition) is 1. The van der Waals surface area contributed by atoms with Crippen LogP contribution in [0.3, 0.4) is 0 Å². The number of nitrogens with two attached hydrogens (primary N) is 1. The summed E-state index contributed by atoms with van der Waals surface area (Å²) in [5, 5.41) is 0. The van der Waals surface area contributed by atoms with Crippen molar-refractivity contribution in [2.24, 2.45) is 5.73 Å². The molecule has 3 rings (SSSR count). The van der Waals surface area contributed by atoms with Crippen molar-refractivity contribution >= 4 is 11.0 Å². The molecule has 0 saturated carbocycles. The third-order valence-electron chi connectivity index (χ3n) is 4.25. The Morgan fingerprint density at radius 2 is 2.14 bits per heavy atom. The van der Waals surface area contributed by atoms with Crippen molar-refractivity contribution in [1.29, 1.82) is 0 Å². The molecule has 1 aliphatic heterocycles. The Hall–Kier alpha value is -1.39. The van der Waals surface area contributed by atoms with Crippen molar-refractivity contribution < 1.29 is 4.74 Å². The van der Waals surface area contributed by atoms with Gasteiger partial charge in [-0.2, -0.15) is 0 Å². The number of ether oxygens (including phenoxy) is 1. The molecule has 0 aliphatic carbocycles. The summed E-state index contributed by atoms with van der Waals surface area (Å²) >= 11 is 0. The number of rotatable bonds is 7. The summed E-state index contributed by atoms with van der Waals surface area (Å²) in [5.74, 6) is 1.20. The van der Waals surface area contributed by atoms with Gasteiger partial charge >= 0.3 is 0 Å². The zero-order valence-corrected chi connectivity index (χ0v) is 12.6. The Labute approximate surface area is 126 Å². The van der Waals surface area contributed by atoms with Gasteiger partial charge in [-0.05, 0) is 44.4 Å². The van der Waals surface area contributed by atoms with Crippen LogP contribution >= 0.6 is 0 Å². The van der Waals surface area contributed by atoms with E-state index in [1.807, 2.05) is 0 Å². The molecular formula is C17H25N3O. The summed E-state index contributed by atoms with van der Waals surface area (Å²) < 4.78 is 8.18. The van der Waals surface area contributed by atoms with Crippen LogP contribution in [-0.4, -0.2) is 28.8 Å². The van der Waals surface area contributed by atoms with Crippen molar-refractivity contribution in [3.63, 3.8) is 0 Å². The molecule has 21 heavy (non-hydrogen) atoms. The first-order valence-corrected chi connectivity index (χ1v) is 8.14. The maximum absolute atomic E-state index is 5.81. The van der Waals surface area contributed by atoms with E-state index in [9.17, 15) is 0 Å². The lowest BCUT2D eigenvalue weighted by molar-refractivity contribution is 0.0972. The van der Waals surface area contributed by atoms with Crippen molar-refractivity contribution in [2.45, 2.75) is 51.2 Å². The number of hydrogen-bond acceptors (Lipinski definition) is 3. The average molecular weight is 287 g/mol. The number of unbranched alkanes of at least 4 members (excludes halogenated alkanes) is 2. The van der Waals surface area contributed by atoms with Gasteiger partial charge in [0.15, 0.2) is 0 Å². The third kappa shape index (κ3) is 3.44. The van der Waals surface area contributed by atoms with Crippen LogP contribution in [0, 0.1) is 0 Å². The van der Waals surface area contributed by atoms with Gasteiger partial charge in [0.1, 0.15) is 5.82 Å². The molecule has 1 atom stereocenters. The Kier molecular flexibility index (Phi) is 4.88. The summed E-state index contributed by atoms with van der Waals surface area (Å²) in [4.78, 5) is 4.83. The van der Waals surface area contributed by atoms with Gasteiger partial charge in [-0.1, -0.05) is 18.6 Å². The third-order valence-corrected chi connectivity index (χ3v) is 4.25. The molecule has 0 amide bonds. The van der Waals surface area contributed by atoms with Gasteiger partial charge in [-0.15, -0.1) is 0 Å². The van der Waals surface area contributed by atoms with Crippen molar-refractivity contribution in [1.82, 2.24) is 9.55 Å². The second-order valence-electron chi connectivity index (χ2n) is 5.86. The van der Waals surface area contributed by atoms with Gasteiger partial charge in [0.25, 0.3) is 0 Å². The van der Waals surface area contributed by atoms with Gasteiger partial charge in [-0.3, -0.25) is 0 Å². The Balaban J connectivity index is 1.79. The van der Waals surface area contributed by atoms with Crippen molar-refractivity contribution in [2.75, 3.05) is 13.2 Å². The summed E-state index contributed by atoms with van der Waals surface area (Å²) in [7, 11) is 0. The van der Waals surface area contributed by atoms with Crippen LogP contribution in [0.5, 0.6) is 0 Å². The molecule has 2 heterocycles. The number of benzene rings is 1. The zero-order chi connectivity index (χ0) is 14.5. The summed E-state index contributed by atoms with van der Waals surface area (Å²) in [6.07, 6.45) is 7.17. The van der Waals surface area contributed by atoms with Gasteiger partial charge < -0.3 is 15.0 Å². The highest BCUT2D eigenvalue weighted by atomic mass is 16.5. The summed E-state index contributed by atoms with van der Waals surface area (Å²) in [6, 6.07) is 8.42. The van der Waals surface area contributed by atoms with Gasteiger partial charge in [0.2, 0.25) is 0 Å². The molecule has 1 aromatic heterocycles. The number of aromatic nitrogens is 2. The normalized spacial score (nSPS) is 18.6. The molecule has 1 unspecified atom stereocenters. The number of imidazole rings is 1. The maximum atomic E-state index is 5.81. The topological polar surface area (TPSA) is 53.1 Å². The fourth-order valence-corrected chi connectivity index (χ4v) is 3.12. The highest BCUT2D eigenvalue weighted by Gasteiger charge is 2.19. The van der Waals surface area contributed by atoms with E-state index in [0.717, 1.165) is 44.5 Å². The van der Waals surface area contributed by atoms with E-state index in [2.05, 4.69) is 28.8 Å². The molecule has 1 aliphatic rings. The van der Waals surface area contributed by atoms with E-state index in [4.69, 9.17) is 15.5 Å². The molecule has 2 aromatic rings. The van der Waals surface area contributed by atoms with Crippen LogP contribution < -0.4 is 5.73 Å². The predicted molar refractivity (Wildman–Crippen MR) is 85.3 cm³/mol. The smallest absolute Gasteiger partial charge is 0.109 e. The van der Waals surface area contributed by atoms with E-state index >= 15 is 0 Å². The largest absolute Gasteiger partial charge is 0.376 e. The SMILES string of the molecule is NCCCCCc1nc2ccccc2n1CC1CCCO1. The van der Waals surface area contributed by atoms with Crippen LogP contribution in [0.25, 0.3) is 11.0 Å². The summed E-state index contributed by atoms with van der Waals surface area (Å²) in [6.45, 7) is 2.63. The number of nitrogens with zero attached hydrogens (tertiary/aromatic N) is 2. The lowest BCUT2D eigenvalue weighted by atomic mass is 10.2. The lowest BCUT2D eigenvalue weighted by Crippen LogP contribution is -2.17. The molecule has 1 fully saturated rings. The predicted octanol–water partition coefficient (Wildman–Crippen LogP) is 2.89. The first-order chi connectivity index (χ1) is 10.4. The van der Waals surface area contributed by atoms with Crippen LogP contribution in [0.15, 0.2) is 24.3 Å². The molecule has 114 valence electrons. The molecule has 4 heteroatoms. The Morgan fingerprint density at radius 3 is 2.95 bits per heavy atom. The zero-order valence-electron chi connectivity index (χ0n) is 12.6. The minimum absolute atomic E-state index is 0.352. The molecule has 1 saturated heterocycles. The Morgan fingerprint density at radius 1 is 1.24 bits per heavy atom. The van der Waals surface area contributed by atoms with Gasteiger partial charge in [0, 0.05) is 13.0 Å². The second-order valence-corrected chi connectivity index (χ2v) is 5.86. The van der Waals surface area contributed by atoms with E-state index < -0.39 is 0 Å². The first kappa shape index (κ1) is 14.5. The first-order valence-electron chi connectivity index (χ1n) is 8.14. The fraction of sp³-hybridized carbons (Fsp3) is 0.588. The van der Waals surface area contributed by atoms with Crippen molar-refractivity contribution in [3.05, 3.63) is 30.1 Å². The average Bonchev–Trinajstić information content (AvgIpc) is 3.13. The number of aryl methyl sites for hydroxylation is 1. The molecule has 0 bridgehead atoms. The Bertz CT molecular complexity index is 572. The number of fused-ring (bicyclic) bond motifs is 1. The lowest BCUT2D eigenvalue weighted by Gasteiger charge is -2.14. The van der Waals surface area contributed by atoms with E-state index in [-0.39, 0.29) is 0 Å². The standard InChI is InChI=1S/C17H25N3O/c18-11-5-1-2-10-17-19-15-8-3-4-9-16(15)20(17)13-14-7-6-12-21-14/h3-4,8-9,14H,1-2,5-7,10-13,18H2. The molecule has 1 aromatic carbocycles. The van der Waals surface area contributed by atoms with Gasteiger partial charge in [0.05, 0.1) is 23.7 Å². The fourth-order valence-electron chi connectivity index (χ4n) is 3.12. The summed E-state index contributed by atoms with van der Waals surface area (Å²) in [5.41, 5.74) is 7.91. The van der Waals surface area contributed by atoms with E-state index in [1.54, 1.807) is 0 Å². The molecule has 0 radical (unpaired) electrons. The molecular weight excluding hydrogens is 262 g/mol. The molecule has 4 nitrogen and oxygen atoms in total. The highest BCUT2D eigenvalue weighted by Crippen LogP contribution is 2.21. The maximum Gasteiger partial charge on any atom is 0.109 e. The van der Waals surface area contributed by atoms with Crippen LogP contribution in [0.2, 0.25) is 0 Å². The van der Waals surface area contributed by atoms with Crippen LogP contribution in [0.4, 0.5) is 0 Å². The van der Waals surface area contributed by atoms with Crippen molar-refractivity contribution in [3.8, 4) is 0 Å². The minimum Gasteiger partial charge on any atom is -0.376 e. The van der Waals surface area contributed by atoms with Gasteiger partial charge in [-0.25, -0.2) is 4.98 Å². The quantitative estimate of drug-likeness (QED) is 0.797. The number of para-hydroxylation sites is 2. The second kappa shape index (κ2) is 7.05. The molecule has 0 spiro atoms. The highest BCUT2D eigenvalue weighted by molar-refractivity contribution is 5.75. The minimum atomic E-state index is 0.352. The monoisotopic (exact) mass is 287 g/mol. The molecule has 2 N–H and O–H groups in total. The van der Waals surface area contributed by atoms with Crippen LogP contribution in [0.1, 0.15) is 37.9 Å². The van der Waals surface area contributed by atoms with Crippen LogP contribution in [-0.2, 0) is 17.7 Å². The van der Waals surface area contributed by atoms with E-state index in [1.165, 1.54) is 30.6 Å².